The van der Waals surface area contributed by atoms with Crippen LogP contribution in [0.25, 0.3) is 33.3 Å². The predicted octanol–water partition coefficient (Wildman–Crippen LogP) is 5.36. The number of anilines is 2. The summed E-state index contributed by atoms with van der Waals surface area (Å²) in [4.78, 5) is 23.2. The third kappa shape index (κ3) is 4.64. The lowest BCUT2D eigenvalue weighted by molar-refractivity contribution is -0.137. The van der Waals surface area contributed by atoms with Crippen molar-refractivity contribution in [1.29, 1.82) is 0 Å². The number of carbonyl (C=O) groups excluding carboxylic acids is 1. The lowest BCUT2D eigenvalue weighted by Crippen LogP contribution is -2.38. The molecule has 1 atom stereocenters. The number of halogens is 3. The van der Waals surface area contributed by atoms with Gasteiger partial charge in [0.05, 0.1) is 5.69 Å². The van der Waals surface area contributed by atoms with Gasteiger partial charge in [0.2, 0.25) is 11.9 Å². The van der Waals surface area contributed by atoms with Gasteiger partial charge in [-0.3, -0.25) is 4.79 Å². The average molecular weight is 507 g/mol. The highest BCUT2D eigenvalue weighted by Gasteiger charge is 2.36. The number of nitrogens with zero attached hydrogens (tertiary/aromatic N) is 2. The van der Waals surface area contributed by atoms with Crippen molar-refractivity contribution in [2.24, 2.45) is 0 Å². The maximum absolute atomic E-state index is 13.9. The van der Waals surface area contributed by atoms with Crippen molar-refractivity contribution in [2.75, 3.05) is 23.7 Å². The van der Waals surface area contributed by atoms with Crippen molar-refractivity contribution in [3.8, 4) is 22.4 Å². The number of piperidine rings is 1. The van der Waals surface area contributed by atoms with Crippen LogP contribution in [0.3, 0.4) is 0 Å². The molecule has 7 nitrogen and oxygen atoms in total. The third-order valence-corrected chi connectivity index (χ3v) is 7.00. The Morgan fingerprint density at radius 2 is 1.89 bits per heavy atom. The topological polar surface area (TPSA) is 94.7 Å². The number of rotatable bonds is 4. The molecule has 2 aliphatic rings. The molecule has 0 bridgehead atoms. The molecule has 0 aliphatic carbocycles. The predicted molar refractivity (Wildman–Crippen MR) is 136 cm³/mol. The monoisotopic (exact) mass is 506 g/mol. The first kappa shape index (κ1) is 23.5. The van der Waals surface area contributed by atoms with Crippen molar-refractivity contribution < 1.29 is 18.0 Å². The molecule has 2 aliphatic heterocycles. The number of H-pyrrole nitrogens is 1. The summed E-state index contributed by atoms with van der Waals surface area (Å²) >= 11 is 0. The molecule has 4 N–H and O–H groups in total. The molecule has 190 valence electrons. The van der Waals surface area contributed by atoms with Crippen LogP contribution in [0.15, 0.2) is 48.8 Å². The minimum atomic E-state index is -4.60. The molecular formula is C27H25F3N6O. The number of aryl methyl sites for hydroxylation is 1. The van der Waals surface area contributed by atoms with Gasteiger partial charge >= 0.3 is 6.18 Å². The van der Waals surface area contributed by atoms with Gasteiger partial charge in [-0.05, 0) is 54.6 Å². The Morgan fingerprint density at radius 3 is 2.70 bits per heavy atom. The van der Waals surface area contributed by atoms with Crippen molar-refractivity contribution in [3.63, 3.8) is 0 Å². The number of amides is 1. The maximum Gasteiger partial charge on any atom is 0.419 e. The van der Waals surface area contributed by atoms with Gasteiger partial charge in [-0.25, -0.2) is 9.97 Å². The van der Waals surface area contributed by atoms with Gasteiger partial charge in [0.1, 0.15) is 5.56 Å². The van der Waals surface area contributed by atoms with Gasteiger partial charge in [0.15, 0.2) is 0 Å². The van der Waals surface area contributed by atoms with Gasteiger partial charge in [-0.1, -0.05) is 24.3 Å². The Hall–Kier alpha value is -3.92. The van der Waals surface area contributed by atoms with Crippen LogP contribution in [-0.4, -0.2) is 40.0 Å². The maximum atomic E-state index is 13.9. The molecule has 6 rings (SSSR count). The zero-order valence-corrected chi connectivity index (χ0v) is 19.9. The van der Waals surface area contributed by atoms with E-state index in [0.29, 0.717) is 35.9 Å². The lowest BCUT2D eigenvalue weighted by Gasteiger charge is -2.24. The van der Waals surface area contributed by atoms with E-state index in [1.165, 1.54) is 0 Å². The van der Waals surface area contributed by atoms with Crippen molar-refractivity contribution in [1.82, 2.24) is 20.3 Å². The first-order valence-corrected chi connectivity index (χ1v) is 12.3. The van der Waals surface area contributed by atoms with Crippen LogP contribution in [0.5, 0.6) is 0 Å². The van der Waals surface area contributed by atoms with E-state index >= 15 is 0 Å². The number of aromatic nitrogens is 3. The number of fused-ring (bicyclic) bond motifs is 2. The molecule has 4 aromatic rings. The summed E-state index contributed by atoms with van der Waals surface area (Å²) in [6.07, 6.45) is 0.871. The highest BCUT2D eigenvalue weighted by molar-refractivity contribution is 5.98. The summed E-state index contributed by atoms with van der Waals surface area (Å²) < 4.78 is 41.8. The molecule has 37 heavy (non-hydrogen) atoms. The number of alkyl halides is 3. The third-order valence-electron chi connectivity index (χ3n) is 7.00. The number of hydrogen-bond acceptors (Lipinski definition) is 5. The van der Waals surface area contributed by atoms with Gasteiger partial charge < -0.3 is 20.9 Å². The highest BCUT2D eigenvalue weighted by Crippen LogP contribution is 2.39. The SMILES string of the molecule is O=C1CCc2ccc(-c3ccc4c(-c5nc(N[C@H]6CCCNC6)ncc5C(F)(F)F)c[nH]c4c3)cc2N1. The van der Waals surface area contributed by atoms with Crippen LogP contribution in [0.4, 0.5) is 24.8 Å². The second-order valence-electron chi connectivity index (χ2n) is 9.52. The molecule has 1 amide bonds. The molecule has 2 aromatic heterocycles. The van der Waals surface area contributed by atoms with E-state index in [1.54, 1.807) is 12.3 Å². The Morgan fingerprint density at radius 1 is 1.05 bits per heavy atom. The number of carbonyl (C=O) groups is 1. The summed E-state index contributed by atoms with van der Waals surface area (Å²) in [5.74, 6) is 0.173. The fraction of sp³-hybridized carbons (Fsp3) is 0.296. The summed E-state index contributed by atoms with van der Waals surface area (Å²) in [5.41, 5.74) is 3.68. The van der Waals surface area contributed by atoms with Gasteiger partial charge in [0.25, 0.3) is 0 Å². The van der Waals surface area contributed by atoms with Crippen LogP contribution >= 0.6 is 0 Å². The Bertz CT molecular complexity index is 1490. The van der Waals surface area contributed by atoms with Crippen LogP contribution in [-0.2, 0) is 17.4 Å². The summed E-state index contributed by atoms with van der Waals surface area (Å²) in [5, 5.41) is 9.99. The van der Waals surface area contributed by atoms with Crippen molar-refractivity contribution >= 4 is 28.4 Å². The average Bonchev–Trinajstić information content (AvgIpc) is 3.31. The van der Waals surface area contributed by atoms with E-state index in [-0.39, 0.29) is 23.6 Å². The smallest absolute Gasteiger partial charge is 0.360 e. The normalized spacial score (nSPS) is 17.9. The molecule has 0 spiro atoms. The van der Waals surface area contributed by atoms with Crippen LogP contribution in [0.1, 0.15) is 30.4 Å². The summed E-state index contributed by atoms with van der Waals surface area (Å²) in [7, 11) is 0. The van der Waals surface area contributed by atoms with Crippen LogP contribution in [0.2, 0.25) is 0 Å². The molecular weight excluding hydrogens is 481 g/mol. The minimum absolute atomic E-state index is 0.00644. The molecule has 10 heteroatoms. The van der Waals surface area contributed by atoms with Crippen molar-refractivity contribution in [3.05, 3.63) is 59.9 Å². The van der Waals surface area contributed by atoms with E-state index in [2.05, 4.69) is 30.9 Å². The lowest BCUT2D eigenvalue weighted by atomic mass is 9.96. The summed E-state index contributed by atoms with van der Waals surface area (Å²) in [6, 6.07) is 11.5. The van der Waals surface area contributed by atoms with E-state index in [1.807, 2.05) is 30.3 Å². The van der Waals surface area contributed by atoms with E-state index in [0.717, 1.165) is 48.0 Å². The first-order chi connectivity index (χ1) is 17.8. The molecule has 0 unspecified atom stereocenters. The van der Waals surface area contributed by atoms with Crippen LogP contribution in [0, 0.1) is 0 Å². The second kappa shape index (κ2) is 9.19. The molecule has 1 fully saturated rings. The second-order valence-corrected chi connectivity index (χ2v) is 9.52. The molecule has 2 aromatic carbocycles. The van der Waals surface area contributed by atoms with E-state index in [4.69, 9.17) is 0 Å². The first-order valence-electron chi connectivity index (χ1n) is 12.3. The van der Waals surface area contributed by atoms with Gasteiger partial charge in [-0.2, -0.15) is 13.2 Å². The zero-order valence-electron chi connectivity index (χ0n) is 19.9. The van der Waals surface area contributed by atoms with Gasteiger partial charge in [-0.15, -0.1) is 0 Å². The van der Waals surface area contributed by atoms with Gasteiger partial charge in [0, 0.05) is 53.6 Å². The number of hydrogen-bond donors (Lipinski definition) is 4. The standard InChI is InChI=1S/C27H25F3N6O/c28-27(29,30)21-14-33-26(34-18-2-1-9-31-12-18)36-25(21)20-13-32-23-11-17(5-7-19(20)23)16-4-3-15-6-8-24(37)35-22(15)10-16/h3-5,7,10-11,13-14,18,31-32H,1-2,6,8-9,12H2,(H,35,37)(H,33,34,36)/t18-/m0/s1. The molecule has 0 saturated carbocycles. The highest BCUT2D eigenvalue weighted by atomic mass is 19.4. The quantitative estimate of drug-likeness (QED) is 0.299. The Kier molecular flexibility index (Phi) is 5.83. The van der Waals surface area contributed by atoms with Crippen molar-refractivity contribution in [2.45, 2.75) is 37.9 Å². The fourth-order valence-electron chi connectivity index (χ4n) is 5.07. The zero-order chi connectivity index (χ0) is 25.6. The van der Waals surface area contributed by atoms with E-state index in [9.17, 15) is 18.0 Å². The Balaban J connectivity index is 1.37. The summed E-state index contributed by atoms with van der Waals surface area (Å²) in [6.45, 7) is 1.64. The molecule has 1 saturated heterocycles. The number of nitrogens with one attached hydrogen (secondary N) is 4. The Labute approximate surface area is 210 Å². The molecule has 0 radical (unpaired) electrons. The number of benzene rings is 2. The largest absolute Gasteiger partial charge is 0.419 e. The minimum Gasteiger partial charge on any atom is -0.360 e. The fourth-order valence-corrected chi connectivity index (χ4v) is 5.07. The van der Waals surface area contributed by atoms with Crippen LogP contribution < -0.4 is 16.0 Å². The number of aromatic amines is 1. The van der Waals surface area contributed by atoms with E-state index < -0.39 is 11.7 Å². The molecule has 4 heterocycles.